The molecule has 4 rings (SSSR count). The van der Waals surface area contributed by atoms with E-state index in [9.17, 15) is 0 Å². The van der Waals surface area contributed by atoms with Crippen LogP contribution in [0.25, 0.3) is 10.6 Å². The van der Waals surface area contributed by atoms with E-state index in [-0.39, 0.29) is 0 Å². The number of benzene rings is 2. The topological polar surface area (TPSA) is 53.9 Å². The van der Waals surface area contributed by atoms with Crippen LogP contribution in [0, 0.1) is 13.8 Å². The lowest BCUT2D eigenvalue weighted by Gasteiger charge is -2.18. The Kier molecular flexibility index (Phi) is 5.04. The van der Waals surface area contributed by atoms with E-state index in [4.69, 9.17) is 9.97 Å². The number of nitrogens with one attached hydrogen (secondary N) is 1. The second-order valence-electron chi connectivity index (χ2n) is 6.51. The zero-order chi connectivity index (χ0) is 19.5. The maximum Gasteiger partial charge on any atom is 0.227 e. The van der Waals surface area contributed by atoms with Gasteiger partial charge in [-0.1, -0.05) is 47.7 Å². The zero-order valence-corrected chi connectivity index (χ0v) is 16.9. The lowest BCUT2D eigenvalue weighted by Crippen LogP contribution is -2.10. The van der Waals surface area contributed by atoms with Gasteiger partial charge in [0.05, 0.1) is 16.3 Å². The Bertz CT molecular complexity index is 1090. The van der Waals surface area contributed by atoms with Crippen molar-refractivity contribution in [2.24, 2.45) is 0 Å². The first-order valence-electron chi connectivity index (χ1n) is 9.04. The predicted octanol–water partition coefficient (Wildman–Crippen LogP) is 5.73. The maximum absolute atomic E-state index is 4.78. The Balaban J connectivity index is 1.64. The number of para-hydroxylation sites is 2. The second-order valence-corrected chi connectivity index (χ2v) is 7.49. The molecule has 0 saturated heterocycles. The quantitative estimate of drug-likeness (QED) is 0.474. The van der Waals surface area contributed by atoms with Gasteiger partial charge in [0.25, 0.3) is 0 Å². The van der Waals surface area contributed by atoms with Crippen LogP contribution < -0.4 is 10.2 Å². The van der Waals surface area contributed by atoms with E-state index in [2.05, 4.69) is 34.3 Å². The van der Waals surface area contributed by atoms with Crippen molar-refractivity contribution >= 4 is 33.8 Å². The van der Waals surface area contributed by atoms with E-state index in [1.54, 1.807) is 17.5 Å². The molecule has 0 atom stereocenters. The molecule has 4 aromatic rings. The van der Waals surface area contributed by atoms with Gasteiger partial charge in [0, 0.05) is 24.6 Å². The van der Waals surface area contributed by atoms with Crippen LogP contribution in [0.5, 0.6) is 0 Å². The highest BCUT2D eigenvalue weighted by molar-refractivity contribution is 7.19. The molecule has 0 unspecified atom stereocenters. The predicted molar refractivity (Wildman–Crippen MR) is 117 cm³/mol. The fourth-order valence-electron chi connectivity index (χ4n) is 3.00. The van der Waals surface area contributed by atoms with Crippen molar-refractivity contribution in [3.05, 3.63) is 78.1 Å². The Labute approximate surface area is 168 Å². The highest BCUT2D eigenvalue weighted by Gasteiger charge is 2.16. The third kappa shape index (κ3) is 3.73. The third-order valence-corrected chi connectivity index (χ3v) is 5.72. The van der Waals surface area contributed by atoms with Crippen LogP contribution in [-0.2, 0) is 0 Å². The van der Waals surface area contributed by atoms with Gasteiger partial charge >= 0.3 is 0 Å². The third-order valence-electron chi connectivity index (χ3n) is 4.47. The van der Waals surface area contributed by atoms with Crippen LogP contribution in [0.3, 0.4) is 0 Å². The van der Waals surface area contributed by atoms with Crippen molar-refractivity contribution in [3.8, 4) is 10.6 Å². The summed E-state index contributed by atoms with van der Waals surface area (Å²) < 4.78 is 0. The Morgan fingerprint density at radius 1 is 0.893 bits per heavy atom. The van der Waals surface area contributed by atoms with Gasteiger partial charge in [0.1, 0.15) is 0 Å². The summed E-state index contributed by atoms with van der Waals surface area (Å²) in [6, 6.07) is 20.2. The van der Waals surface area contributed by atoms with Crippen molar-refractivity contribution in [2.45, 2.75) is 13.8 Å². The summed E-state index contributed by atoms with van der Waals surface area (Å²) in [5, 5.41) is 4.19. The molecule has 1 N–H and O–H groups in total. The lowest BCUT2D eigenvalue weighted by atomic mass is 10.2. The van der Waals surface area contributed by atoms with Gasteiger partial charge in [0.15, 0.2) is 5.13 Å². The average molecular weight is 388 g/mol. The summed E-state index contributed by atoms with van der Waals surface area (Å²) in [6.45, 7) is 4.13. The summed E-state index contributed by atoms with van der Waals surface area (Å²) in [7, 11) is 2.05. The molecule has 28 heavy (non-hydrogen) atoms. The highest BCUT2D eigenvalue weighted by atomic mass is 32.1. The molecule has 0 radical (unpaired) electrons. The molecule has 2 aromatic carbocycles. The number of aromatic nitrogens is 3. The van der Waals surface area contributed by atoms with Crippen LogP contribution in [0.2, 0.25) is 0 Å². The van der Waals surface area contributed by atoms with Gasteiger partial charge in [-0.15, -0.1) is 0 Å². The standard InChI is InChI=1S/C22H21N5S/c1-15-9-7-8-12-19(15)27(3)22-24-16(2)20(28-22)18-13-14-23-21(26-18)25-17-10-5-4-6-11-17/h4-14H,1-3H3,(H,23,25,26). The molecule has 2 aromatic heterocycles. The average Bonchev–Trinajstić information content (AvgIpc) is 3.11. The molecular formula is C22H21N5S. The van der Waals surface area contributed by atoms with Crippen LogP contribution in [0.4, 0.5) is 22.5 Å². The number of aryl methyl sites for hydroxylation is 2. The lowest BCUT2D eigenvalue weighted by molar-refractivity contribution is 1.12. The molecule has 6 heteroatoms. The first kappa shape index (κ1) is 18.1. The smallest absolute Gasteiger partial charge is 0.227 e. The van der Waals surface area contributed by atoms with Gasteiger partial charge in [-0.05, 0) is 43.7 Å². The van der Waals surface area contributed by atoms with E-state index >= 15 is 0 Å². The molecule has 5 nitrogen and oxygen atoms in total. The monoisotopic (exact) mass is 387 g/mol. The molecule has 0 aliphatic heterocycles. The highest BCUT2D eigenvalue weighted by Crippen LogP contribution is 2.36. The first-order chi connectivity index (χ1) is 13.6. The van der Waals surface area contributed by atoms with Crippen LogP contribution in [0.1, 0.15) is 11.3 Å². The van der Waals surface area contributed by atoms with Crippen molar-refractivity contribution in [2.75, 3.05) is 17.3 Å². The molecule has 140 valence electrons. The summed E-state index contributed by atoms with van der Waals surface area (Å²) in [5.74, 6) is 0.574. The molecule has 0 amide bonds. The van der Waals surface area contributed by atoms with Gasteiger partial charge in [-0.2, -0.15) is 0 Å². The minimum absolute atomic E-state index is 0.574. The van der Waals surface area contributed by atoms with E-state index < -0.39 is 0 Å². The van der Waals surface area contributed by atoms with E-state index in [0.717, 1.165) is 32.8 Å². The summed E-state index contributed by atoms with van der Waals surface area (Å²) in [6.07, 6.45) is 1.78. The second kappa shape index (κ2) is 7.78. The molecule has 0 fully saturated rings. The fraction of sp³-hybridized carbons (Fsp3) is 0.136. The molecule has 0 bridgehead atoms. The van der Waals surface area contributed by atoms with E-state index in [0.29, 0.717) is 5.95 Å². The van der Waals surface area contributed by atoms with Gasteiger partial charge in [-0.25, -0.2) is 15.0 Å². The number of hydrogen-bond acceptors (Lipinski definition) is 6. The van der Waals surface area contributed by atoms with Crippen molar-refractivity contribution in [1.82, 2.24) is 15.0 Å². The Morgan fingerprint density at radius 2 is 1.64 bits per heavy atom. The molecular weight excluding hydrogens is 366 g/mol. The Morgan fingerprint density at radius 3 is 2.43 bits per heavy atom. The van der Waals surface area contributed by atoms with E-state index in [1.807, 2.05) is 62.5 Å². The van der Waals surface area contributed by atoms with Gasteiger partial charge in [0.2, 0.25) is 5.95 Å². The van der Waals surface area contributed by atoms with Crippen molar-refractivity contribution < 1.29 is 0 Å². The summed E-state index contributed by atoms with van der Waals surface area (Å²) >= 11 is 1.64. The number of nitrogens with zero attached hydrogens (tertiary/aromatic N) is 4. The summed E-state index contributed by atoms with van der Waals surface area (Å²) in [5.41, 5.74) is 5.16. The molecule has 0 saturated carbocycles. The molecule has 0 aliphatic carbocycles. The minimum Gasteiger partial charge on any atom is -0.324 e. The number of thiazole rings is 1. The van der Waals surface area contributed by atoms with Crippen molar-refractivity contribution in [3.63, 3.8) is 0 Å². The first-order valence-corrected chi connectivity index (χ1v) is 9.86. The number of anilines is 4. The number of hydrogen-bond donors (Lipinski definition) is 1. The van der Waals surface area contributed by atoms with Crippen LogP contribution >= 0.6 is 11.3 Å². The fourth-order valence-corrected chi connectivity index (χ4v) is 4.01. The SMILES string of the molecule is Cc1ccccc1N(C)c1nc(C)c(-c2ccnc(Nc3ccccc3)n2)s1. The summed E-state index contributed by atoms with van der Waals surface area (Å²) in [4.78, 5) is 17.0. The van der Waals surface area contributed by atoms with E-state index in [1.165, 1.54) is 5.56 Å². The minimum atomic E-state index is 0.574. The van der Waals surface area contributed by atoms with Gasteiger partial charge < -0.3 is 10.2 Å². The van der Waals surface area contributed by atoms with Gasteiger partial charge in [-0.3, -0.25) is 0 Å². The molecule has 0 spiro atoms. The van der Waals surface area contributed by atoms with Crippen LogP contribution in [-0.4, -0.2) is 22.0 Å². The van der Waals surface area contributed by atoms with Crippen molar-refractivity contribution in [1.29, 1.82) is 0 Å². The zero-order valence-electron chi connectivity index (χ0n) is 16.0. The maximum atomic E-state index is 4.78. The Hall–Kier alpha value is -3.25. The van der Waals surface area contributed by atoms with Crippen LogP contribution in [0.15, 0.2) is 66.9 Å². The molecule has 0 aliphatic rings. The molecule has 2 heterocycles. The normalized spacial score (nSPS) is 10.7. The number of rotatable bonds is 5. The largest absolute Gasteiger partial charge is 0.324 e.